The maximum absolute atomic E-state index is 13.4. The molecule has 0 saturated carbocycles. The predicted octanol–water partition coefficient (Wildman–Crippen LogP) is 4.09. The zero-order valence-electron chi connectivity index (χ0n) is 14.0. The molecule has 3 aromatic rings. The fourth-order valence-electron chi connectivity index (χ4n) is 2.40. The van der Waals surface area contributed by atoms with Crippen molar-refractivity contribution in [2.45, 2.75) is 4.90 Å². The average molecular weight is 413 g/mol. The molecule has 0 atom stereocenters. The van der Waals surface area contributed by atoms with Crippen LogP contribution >= 0.6 is 11.6 Å². The molecule has 0 spiro atoms. The molecule has 1 N–H and O–H groups in total. The number of hydrogen-bond acceptors (Lipinski definition) is 5. The van der Waals surface area contributed by atoms with Crippen LogP contribution in [0.15, 0.2) is 59.5 Å². The summed E-state index contributed by atoms with van der Waals surface area (Å²) in [5.74, 6) is -0.744. The monoisotopic (exact) mass is 412 g/mol. The first-order chi connectivity index (χ1) is 13.3. The summed E-state index contributed by atoms with van der Waals surface area (Å²) in [6, 6.07) is 15.9. The highest BCUT2D eigenvalue weighted by Gasteiger charge is 2.16. The molecule has 3 rings (SSSR count). The fraction of sp³-hybridized carbons (Fsp3) is 0. The second-order valence-corrected chi connectivity index (χ2v) is 7.67. The van der Waals surface area contributed by atoms with Crippen molar-refractivity contribution >= 4 is 27.3 Å². The molecular weight excluding hydrogens is 403 g/mol. The molecular formula is C19H10ClFN4O2S. The van der Waals surface area contributed by atoms with Crippen LogP contribution in [0.2, 0.25) is 5.02 Å². The standard InChI is InChI=1S/C19H10ClFN4O2S/c20-16-9-13(25-28(26,27)14-3-1-2-12(8-14)10-22)4-5-15(16)18-7-6-17(21)19(11-23)24-18/h1-9,25H. The molecule has 0 fully saturated rings. The highest BCUT2D eigenvalue weighted by atomic mass is 35.5. The Hall–Kier alpha value is -3.46. The van der Waals surface area contributed by atoms with Crippen molar-refractivity contribution < 1.29 is 12.8 Å². The van der Waals surface area contributed by atoms with Gasteiger partial charge in [-0.15, -0.1) is 0 Å². The van der Waals surface area contributed by atoms with E-state index in [2.05, 4.69) is 9.71 Å². The molecule has 0 unspecified atom stereocenters. The quantitative estimate of drug-likeness (QED) is 0.694. The summed E-state index contributed by atoms with van der Waals surface area (Å²) in [5, 5.41) is 18.0. The smallest absolute Gasteiger partial charge is 0.261 e. The first-order valence-electron chi connectivity index (χ1n) is 7.73. The molecule has 9 heteroatoms. The van der Waals surface area contributed by atoms with Crippen LogP contribution < -0.4 is 4.72 Å². The minimum atomic E-state index is -3.92. The number of pyridine rings is 1. The van der Waals surface area contributed by atoms with Gasteiger partial charge in [-0.1, -0.05) is 17.7 Å². The second-order valence-electron chi connectivity index (χ2n) is 5.58. The molecule has 0 radical (unpaired) electrons. The molecule has 1 heterocycles. The third-order valence-electron chi connectivity index (χ3n) is 3.72. The molecule has 28 heavy (non-hydrogen) atoms. The van der Waals surface area contributed by atoms with Crippen molar-refractivity contribution in [3.63, 3.8) is 0 Å². The van der Waals surface area contributed by atoms with Crippen molar-refractivity contribution in [3.05, 3.63) is 76.7 Å². The van der Waals surface area contributed by atoms with Gasteiger partial charge in [-0.05, 0) is 48.5 Å². The van der Waals surface area contributed by atoms with Crippen molar-refractivity contribution in [1.29, 1.82) is 10.5 Å². The number of benzene rings is 2. The van der Waals surface area contributed by atoms with Crippen molar-refractivity contribution in [2.24, 2.45) is 0 Å². The van der Waals surface area contributed by atoms with Gasteiger partial charge in [-0.2, -0.15) is 10.5 Å². The van der Waals surface area contributed by atoms with Gasteiger partial charge < -0.3 is 0 Å². The number of anilines is 1. The number of nitrogens with one attached hydrogen (secondary N) is 1. The summed E-state index contributed by atoms with van der Waals surface area (Å²) in [4.78, 5) is 3.84. The Morgan fingerprint density at radius 1 is 1.04 bits per heavy atom. The summed E-state index contributed by atoms with van der Waals surface area (Å²) in [6.07, 6.45) is 0. The van der Waals surface area contributed by atoms with Crippen LogP contribution in [0, 0.1) is 28.5 Å². The molecule has 2 aromatic carbocycles. The average Bonchev–Trinajstić information content (AvgIpc) is 2.68. The Kier molecular flexibility index (Phi) is 5.27. The van der Waals surface area contributed by atoms with E-state index in [1.165, 1.54) is 48.5 Å². The Balaban J connectivity index is 1.93. The molecule has 1 aromatic heterocycles. The van der Waals surface area contributed by atoms with Gasteiger partial charge in [-0.3, -0.25) is 4.72 Å². The third kappa shape index (κ3) is 3.94. The largest absolute Gasteiger partial charge is 0.280 e. The fourth-order valence-corrected chi connectivity index (χ4v) is 3.78. The van der Waals surface area contributed by atoms with Crippen molar-refractivity contribution in [1.82, 2.24) is 4.98 Å². The van der Waals surface area contributed by atoms with Gasteiger partial charge in [0.2, 0.25) is 0 Å². The highest BCUT2D eigenvalue weighted by Crippen LogP contribution is 2.30. The molecule has 138 valence electrons. The number of rotatable bonds is 4. The van der Waals surface area contributed by atoms with Crippen LogP contribution in [0.5, 0.6) is 0 Å². The lowest BCUT2D eigenvalue weighted by Crippen LogP contribution is -2.13. The van der Waals surface area contributed by atoms with Gasteiger partial charge in [0.25, 0.3) is 10.0 Å². The third-order valence-corrected chi connectivity index (χ3v) is 5.41. The molecule has 6 nitrogen and oxygen atoms in total. The number of sulfonamides is 1. The van der Waals surface area contributed by atoms with E-state index in [4.69, 9.17) is 22.1 Å². The normalized spacial score (nSPS) is 10.7. The Morgan fingerprint density at radius 3 is 2.50 bits per heavy atom. The molecule has 0 saturated heterocycles. The van der Waals surface area contributed by atoms with Crippen LogP contribution in [-0.4, -0.2) is 13.4 Å². The minimum Gasteiger partial charge on any atom is -0.280 e. The zero-order chi connectivity index (χ0) is 20.3. The summed E-state index contributed by atoms with van der Waals surface area (Å²) in [7, 11) is -3.92. The van der Waals surface area contributed by atoms with Crippen LogP contribution in [0.25, 0.3) is 11.3 Å². The van der Waals surface area contributed by atoms with E-state index < -0.39 is 15.8 Å². The first kappa shape index (κ1) is 19.3. The summed E-state index contributed by atoms with van der Waals surface area (Å²) < 4.78 is 40.8. The number of nitriles is 2. The topological polar surface area (TPSA) is 107 Å². The van der Waals surface area contributed by atoms with E-state index in [9.17, 15) is 12.8 Å². The van der Waals surface area contributed by atoms with Gasteiger partial charge in [0.1, 0.15) is 6.07 Å². The van der Waals surface area contributed by atoms with Gasteiger partial charge in [0.15, 0.2) is 11.5 Å². The lowest BCUT2D eigenvalue weighted by Gasteiger charge is -2.11. The molecule has 0 amide bonds. The SMILES string of the molecule is N#Cc1cccc(S(=O)(=O)Nc2ccc(-c3ccc(F)c(C#N)n3)c(Cl)c2)c1. The van der Waals surface area contributed by atoms with Crippen molar-refractivity contribution in [2.75, 3.05) is 4.72 Å². The van der Waals surface area contributed by atoms with E-state index in [0.717, 1.165) is 6.07 Å². The highest BCUT2D eigenvalue weighted by molar-refractivity contribution is 7.92. The van der Waals surface area contributed by atoms with E-state index in [-0.39, 0.29) is 32.6 Å². The van der Waals surface area contributed by atoms with Crippen LogP contribution in [-0.2, 0) is 10.0 Å². The first-order valence-corrected chi connectivity index (χ1v) is 9.60. The lowest BCUT2D eigenvalue weighted by atomic mass is 10.1. The van der Waals surface area contributed by atoms with Gasteiger partial charge in [0.05, 0.1) is 32.9 Å². The maximum atomic E-state index is 13.4. The number of halogens is 2. The molecule has 0 aliphatic rings. The molecule has 0 bridgehead atoms. The summed E-state index contributed by atoms with van der Waals surface area (Å²) >= 11 is 6.23. The zero-order valence-corrected chi connectivity index (χ0v) is 15.6. The predicted molar refractivity (Wildman–Crippen MR) is 101 cm³/mol. The van der Waals surface area contributed by atoms with Gasteiger partial charge >= 0.3 is 0 Å². The number of nitrogens with zero attached hydrogens (tertiary/aromatic N) is 3. The summed E-state index contributed by atoms with van der Waals surface area (Å²) in [5.41, 5.74) is 0.730. The Labute approximate surface area is 165 Å². The van der Waals surface area contributed by atoms with Crippen LogP contribution in [0.3, 0.4) is 0 Å². The molecule has 0 aliphatic carbocycles. The second kappa shape index (κ2) is 7.65. The van der Waals surface area contributed by atoms with Crippen LogP contribution in [0.1, 0.15) is 11.3 Å². The van der Waals surface area contributed by atoms with Crippen molar-refractivity contribution in [3.8, 4) is 23.4 Å². The van der Waals surface area contributed by atoms with E-state index in [1.54, 1.807) is 6.07 Å². The number of aromatic nitrogens is 1. The van der Waals surface area contributed by atoms with E-state index in [0.29, 0.717) is 5.56 Å². The van der Waals surface area contributed by atoms with Gasteiger partial charge in [-0.25, -0.2) is 17.8 Å². The maximum Gasteiger partial charge on any atom is 0.261 e. The van der Waals surface area contributed by atoms with Crippen LogP contribution in [0.4, 0.5) is 10.1 Å². The van der Waals surface area contributed by atoms with Gasteiger partial charge in [0, 0.05) is 5.56 Å². The van der Waals surface area contributed by atoms with E-state index in [1.807, 2.05) is 6.07 Å². The minimum absolute atomic E-state index is 0.0642. The number of hydrogen-bond donors (Lipinski definition) is 1. The molecule has 0 aliphatic heterocycles. The lowest BCUT2D eigenvalue weighted by molar-refractivity contribution is 0.601. The van der Waals surface area contributed by atoms with E-state index >= 15 is 0 Å². The summed E-state index contributed by atoms with van der Waals surface area (Å²) in [6.45, 7) is 0. The Bertz CT molecular complexity index is 1260. The Morgan fingerprint density at radius 2 is 1.82 bits per heavy atom.